The molecule has 1 aromatic carbocycles. The minimum atomic E-state index is -4.17. The topological polar surface area (TPSA) is 32.3 Å². The summed E-state index contributed by atoms with van der Waals surface area (Å²) >= 11 is 0. The molecule has 0 aromatic heterocycles. The third-order valence-electron chi connectivity index (χ3n) is 5.04. The zero-order valence-electron chi connectivity index (χ0n) is 13.6. The van der Waals surface area contributed by atoms with E-state index in [1.165, 1.54) is 5.56 Å². The second kappa shape index (κ2) is 7.13. The number of likely N-dealkylation sites (tertiary alicyclic amines) is 1. The highest BCUT2D eigenvalue weighted by Gasteiger charge is 2.42. The minimum absolute atomic E-state index is 0.0225. The molecule has 1 aromatic rings. The van der Waals surface area contributed by atoms with E-state index in [-0.39, 0.29) is 31.5 Å². The number of rotatable bonds is 3. The lowest BCUT2D eigenvalue weighted by molar-refractivity contribution is -0.187. The average Bonchev–Trinajstić information content (AvgIpc) is 2.54. The van der Waals surface area contributed by atoms with Crippen molar-refractivity contribution in [3.8, 4) is 0 Å². The first-order valence-corrected chi connectivity index (χ1v) is 8.59. The van der Waals surface area contributed by atoms with Crippen molar-refractivity contribution in [2.75, 3.05) is 19.6 Å². The Morgan fingerprint density at radius 3 is 2.79 bits per heavy atom. The van der Waals surface area contributed by atoms with Crippen LogP contribution in [-0.2, 0) is 11.2 Å². The molecule has 0 radical (unpaired) electrons. The number of piperidine rings is 1. The molecule has 1 N–H and O–H groups in total. The SMILES string of the molecule is O=C(CN1CCC[C@@H](C(F)(F)F)C1)N[C@H]1CCCc2ccccc21. The number of amides is 1. The highest BCUT2D eigenvalue weighted by Crippen LogP contribution is 2.33. The van der Waals surface area contributed by atoms with Gasteiger partial charge in [-0.2, -0.15) is 13.2 Å². The van der Waals surface area contributed by atoms with Gasteiger partial charge in [0.05, 0.1) is 18.5 Å². The number of nitrogens with one attached hydrogen (secondary N) is 1. The number of alkyl halides is 3. The van der Waals surface area contributed by atoms with E-state index in [4.69, 9.17) is 0 Å². The van der Waals surface area contributed by atoms with Crippen LogP contribution < -0.4 is 5.32 Å². The predicted molar refractivity (Wildman–Crippen MR) is 85.5 cm³/mol. The van der Waals surface area contributed by atoms with Gasteiger partial charge >= 0.3 is 6.18 Å². The second-order valence-electron chi connectivity index (χ2n) is 6.83. The Balaban J connectivity index is 1.57. The van der Waals surface area contributed by atoms with E-state index >= 15 is 0 Å². The molecule has 132 valence electrons. The van der Waals surface area contributed by atoms with Gasteiger partial charge in [-0.3, -0.25) is 9.69 Å². The lowest BCUT2D eigenvalue weighted by Crippen LogP contribution is -2.46. The predicted octanol–water partition coefficient (Wildman–Crippen LogP) is 3.45. The van der Waals surface area contributed by atoms with Gasteiger partial charge in [0.2, 0.25) is 5.91 Å². The van der Waals surface area contributed by atoms with E-state index in [9.17, 15) is 18.0 Å². The Morgan fingerprint density at radius 2 is 2.00 bits per heavy atom. The molecule has 0 bridgehead atoms. The van der Waals surface area contributed by atoms with Crippen LogP contribution in [0.1, 0.15) is 42.9 Å². The van der Waals surface area contributed by atoms with Crippen molar-refractivity contribution in [1.82, 2.24) is 10.2 Å². The van der Waals surface area contributed by atoms with Gasteiger partial charge in [-0.15, -0.1) is 0 Å². The van der Waals surface area contributed by atoms with E-state index in [1.54, 1.807) is 4.90 Å². The fraction of sp³-hybridized carbons (Fsp3) is 0.611. The quantitative estimate of drug-likeness (QED) is 0.914. The fourth-order valence-electron chi connectivity index (χ4n) is 3.81. The maximum Gasteiger partial charge on any atom is 0.393 e. The molecule has 1 fully saturated rings. The van der Waals surface area contributed by atoms with Gasteiger partial charge < -0.3 is 5.32 Å². The zero-order valence-corrected chi connectivity index (χ0v) is 13.6. The first-order chi connectivity index (χ1) is 11.4. The van der Waals surface area contributed by atoms with E-state index in [0.717, 1.165) is 24.8 Å². The van der Waals surface area contributed by atoms with Gasteiger partial charge in [0.25, 0.3) is 0 Å². The molecule has 1 aliphatic carbocycles. The molecule has 3 rings (SSSR count). The van der Waals surface area contributed by atoms with Crippen molar-refractivity contribution in [2.24, 2.45) is 5.92 Å². The molecular formula is C18H23F3N2O. The Hall–Kier alpha value is -1.56. The van der Waals surface area contributed by atoms with Crippen molar-refractivity contribution >= 4 is 5.91 Å². The van der Waals surface area contributed by atoms with Crippen molar-refractivity contribution in [2.45, 2.75) is 44.3 Å². The molecule has 0 unspecified atom stereocenters. The van der Waals surface area contributed by atoms with Gasteiger partial charge in [-0.05, 0) is 49.8 Å². The lowest BCUT2D eigenvalue weighted by atomic mass is 9.88. The molecule has 1 heterocycles. The van der Waals surface area contributed by atoms with Crippen LogP contribution in [0.3, 0.4) is 0 Å². The number of halogens is 3. The maximum atomic E-state index is 12.9. The number of hydrogen-bond acceptors (Lipinski definition) is 2. The molecular weight excluding hydrogens is 317 g/mol. The molecule has 24 heavy (non-hydrogen) atoms. The van der Waals surface area contributed by atoms with Gasteiger partial charge in [-0.25, -0.2) is 0 Å². The third-order valence-corrected chi connectivity index (χ3v) is 5.04. The Morgan fingerprint density at radius 1 is 1.21 bits per heavy atom. The van der Waals surface area contributed by atoms with Crippen LogP contribution in [0.4, 0.5) is 13.2 Å². The number of carbonyl (C=O) groups excluding carboxylic acids is 1. The monoisotopic (exact) mass is 340 g/mol. The molecule has 1 amide bonds. The highest BCUT2D eigenvalue weighted by molar-refractivity contribution is 5.78. The molecule has 1 saturated heterocycles. The van der Waals surface area contributed by atoms with Crippen LogP contribution in [0.15, 0.2) is 24.3 Å². The first-order valence-electron chi connectivity index (χ1n) is 8.59. The standard InChI is InChI=1S/C18H23F3N2O/c19-18(20,21)14-7-4-10-23(11-14)12-17(24)22-16-9-3-6-13-5-1-2-8-15(13)16/h1-2,5,8,14,16H,3-4,6-7,9-12H2,(H,22,24)/t14-,16+/m1/s1. The number of benzene rings is 1. The van der Waals surface area contributed by atoms with Gasteiger partial charge in [0.15, 0.2) is 0 Å². The lowest BCUT2D eigenvalue weighted by Gasteiger charge is -2.34. The summed E-state index contributed by atoms with van der Waals surface area (Å²) in [5.41, 5.74) is 2.40. The van der Waals surface area contributed by atoms with Crippen molar-refractivity contribution < 1.29 is 18.0 Å². The van der Waals surface area contributed by atoms with E-state index in [0.29, 0.717) is 13.0 Å². The Labute approximate surface area is 140 Å². The van der Waals surface area contributed by atoms with Crippen LogP contribution >= 0.6 is 0 Å². The molecule has 1 aliphatic heterocycles. The fourth-order valence-corrected chi connectivity index (χ4v) is 3.81. The highest BCUT2D eigenvalue weighted by atomic mass is 19.4. The summed E-state index contributed by atoms with van der Waals surface area (Å²) in [5.74, 6) is -1.49. The molecule has 2 aliphatic rings. The van der Waals surface area contributed by atoms with Crippen LogP contribution in [-0.4, -0.2) is 36.6 Å². The van der Waals surface area contributed by atoms with E-state index < -0.39 is 12.1 Å². The normalized spacial score (nSPS) is 25.1. The largest absolute Gasteiger partial charge is 0.393 e. The van der Waals surface area contributed by atoms with Crippen LogP contribution in [0.2, 0.25) is 0 Å². The molecule has 3 nitrogen and oxygen atoms in total. The number of hydrogen-bond donors (Lipinski definition) is 1. The number of nitrogens with zero attached hydrogens (tertiary/aromatic N) is 1. The first kappa shape index (κ1) is 17.3. The molecule has 2 atom stereocenters. The van der Waals surface area contributed by atoms with Crippen molar-refractivity contribution in [3.05, 3.63) is 35.4 Å². The van der Waals surface area contributed by atoms with E-state index in [2.05, 4.69) is 11.4 Å². The third kappa shape index (κ3) is 4.09. The average molecular weight is 340 g/mol. The van der Waals surface area contributed by atoms with Crippen LogP contribution in [0.5, 0.6) is 0 Å². The summed E-state index contributed by atoms with van der Waals surface area (Å²) in [6, 6.07) is 8.04. The van der Waals surface area contributed by atoms with Gasteiger partial charge in [0.1, 0.15) is 0 Å². The summed E-state index contributed by atoms with van der Waals surface area (Å²) in [6.45, 7) is 0.532. The number of carbonyl (C=O) groups is 1. The van der Waals surface area contributed by atoms with Crippen molar-refractivity contribution in [3.63, 3.8) is 0 Å². The Kier molecular flexibility index (Phi) is 5.13. The summed E-state index contributed by atoms with van der Waals surface area (Å²) in [7, 11) is 0. The minimum Gasteiger partial charge on any atom is -0.348 e. The smallest absolute Gasteiger partial charge is 0.348 e. The summed E-state index contributed by atoms with van der Waals surface area (Å²) < 4.78 is 38.6. The van der Waals surface area contributed by atoms with Crippen LogP contribution in [0.25, 0.3) is 0 Å². The van der Waals surface area contributed by atoms with E-state index in [1.807, 2.05) is 18.2 Å². The summed E-state index contributed by atoms with van der Waals surface area (Å²) in [6.07, 6.45) is -0.601. The second-order valence-corrected chi connectivity index (χ2v) is 6.83. The van der Waals surface area contributed by atoms with Gasteiger partial charge in [-0.1, -0.05) is 24.3 Å². The number of fused-ring (bicyclic) bond motifs is 1. The van der Waals surface area contributed by atoms with Crippen LogP contribution in [0, 0.1) is 5.92 Å². The summed E-state index contributed by atoms with van der Waals surface area (Å²) in [5, 5.41) is 3.01. The zero-order chi connectivity index (χ0) is 17.2. The number of aryl methyl sites for hydroxylation is 1. The molecule has 6 heteroatoms. The van der Waals surface area contributed by atoms with Crippen molar-refractivity contribution in [1.29, 1.82) is 0 Å². The molecule has 0 spiro atoms. The summed E-state index contributed by atoms with van der Waals surface area (Å²) in [4.78, 5) is 13.9. The van der Waals surface area contributed by atoms with Gasteiger partial charge in [0, 0.05) is 6.54 Å². The molecule has 0 saturated carbocycles. The Bertz CT molecular complexity index is 588. The maximum absolute atomic E-state index is 12.9.